The average molecular weight is 440 g/mol. The van der Waals surface area contributed by atoms with E-state index in [4.69, 9.17) is 0 Å². The SMILES string of the molecule is CCC(=O)Nc1nc2cc(NS(=O)(=O)c3ccc(Br)cc3)ccc2s1. The number of amides is 1. The fraction of sp³-hybridized carbons (Fsp3) is 0.125. The summed E-state index contributed by atoms with van der Waals surface area (Å²) in [6.07, 6.45) is 0.369. The zero-order valence-electron chi connectivity index (χ0n) is 13.1. The first kappa shape index (κ1) is 17.8. The van der Waals surface area contributed by atoms with Gasteiger partial charge in [0.25, 0.3) is 10.0 Å². The first-order chi connectivity index (χ1) is 11.9. The van der Waals surface area contributed by atoms with Gasteiger partial charge < -0.3 is 5.32 Å². The van der Waals surface area contributed by atoms with Gasteiger partial charge in [0.05, 0.1) is 20.8 Å². The second kappa shape index (κ2) is 7.11. The Bertz CT molecular complexity index is 1030. The van der Waals surface area contributed by atoms with Crippen LogP contribution in [0.15, 0.2) is 51.8 Å². The summed E-state index contributed by atoms with van der Waals surface area (Å²) in [4.78, 5) is 15.9. The maximum Gasteiger partial charge on any atom is 0.261 e. The molecule has 9 heteroatoms. The predicted octanol–water partition coefficient (Wildman–Crippen LogP) is 4.21. The first-order valence-electron chi connectivity index (χ1n) is 7.36. The molecule has 6 nitrogen and oxygen atoms in total. The number of aromatic nitrogens is 1. The fourth-order valence-corrected chi connectivity index (χ4v) is 4.26. The largest absolute Gasteiger partial charge is 0.302 e. The number of anilines is 2. The van der Waals surface area contributed by atoms with Crippen LogP contribution in [0.25, 0.3) is 10.2 Å². The van der Waals surface area contributed by atoms with Crippen molar-refractivity contribution >= 4 is 64.2 Å². The standard InChI is InChI=1S/C16H14BrN3O3S2/c1-2-15(21)19-16-18-13-9-11(5-8-14(13)24-16)20-25(22,23)12-6-3-10(17)4-7-12/h3-9,20H,2H2,1H3,(H,18,19,21). The number of nitrogens with zero attached hydrogens (tertiary/aromatic N) is 1. The third kappa shape index (κ3) is 4.17. The van der Waals surface area contributed by atoms with Gasteiger partial charge in [-0.25, -0.2) is 13.4 Å². The van der Waals surface area contributed by atoms with Crippen LogP contribution in [-0.2, 0) is 14.8 Å². The van der Waals surface area contributed by atoms with E-state index in [-0.39, 0.29) is 10.8 Å². The van der Waals surface area contributed by atoms with Gasteiger partial charge in [0, 0.05) is 10.9 Å². The lowest BCUT2D eigenvalue weighted by molar-refractivity contribution is -0.115. The minimum atomic E-state index is -3.68. The lowest BCUT2D eigenvalue weighted by Crippen LogP contribution is -2.12. The van der Waals surface area contributed by atoms with Crippen molar-refractivity contribution in [1.82, 2.24) is 4.98 Å². The lowest BCUT2D eigenvalue weighted by atomic mass is 10.3. The summed E-state index contributed by atoms with van der Waals surface area (Å²) in [7, 11) is -3.68. The van der Waals surface area contributed by atoms with Crippen molar-refractivity contribution < 1.29 is 13.2 Å². The zero-order chi connectivity index (χ0) is 18.0. The van der Waals surface area contributed by atoms with E-state index in [1.54, 1.807) is 37.3 Å². The van der Waals surface area contributed by atoms with E-state index < -0.39 is 10.0 Å². The number of carbonyl (C=O) groups excluding carboxylic acids is 1. The molecule has 130 valence electrons. The second-order valence-electron chi connectivity index (χ2n) is 5.16. The van der Waals surface area contributed by atoms with Gasteiger partial charge in [0.1, 0.15) is 0 Å². The number of fused-ring (bicyclic) bond motifs is 1. The van der Waals surface area contributed by atoms with Crippen molar-refractivity contribution in [3.8, 4) is 0 Å². The van der Waals surface area contributed by atoms with E-state index in [1.165, 1.54) is 23.5 Å². The normalized spacial score (nSPS) is 11.4. The van der Waals surface area contributed by atoms with Crippen LogP contribution in [-0.4, -0.2) is 19.3 Å². The van der Waals surface area contributed by atoms with Crippen LogP contribution >= 0.6 is 27.3 Å². The third-order valence-corrected chi connectivity index (χ3v) is 6.21. The molecule has 1 amide bonds. The number of benzene rings is 2. The van der Waals surface area contributed by atoms with Crippen molar-refractivity contribution in [2.24, 2.45) is 0 Å². The molecule has 0 bridgehead atoms. The lowest BCUT2D eigenvalue weighted by Gasteiger charge is -2.08. The summed E-state index contributed by atoms with van der Waals surface area (Å²) < 4.78 is 29.1. The van der Waals surface area contributed by atoms with Crippen LogP contribution in [0.1, 0.15) is 13.3 Å². The van der Waals surface area contributed by atoms with Crippen LogP contribution in [0.4, 0.5) is 10.8 Å². The molecule has 0 atom stereocenters. The van der Waals surface area contributed by atoms with Gasteiger partial charge in [-0.05, 0) is 42.5 Å². The van der Waals surface area contributed by atoms with Crippen LogP contribution in [0.2, 0.25) is 0 Å². The molecule has 0 spiro atoms. The molecule has 0 saturated heterocycles. The number of sulfonamides is 1. The molecular formula is C16H14BrN3O3S2. The molecule has 2 aromatic carbocycles. The summed E-state index contributed by atoms with van der Waals surface area (Å²) in [6, 6.07) is 11.5. The molecule has 1 aromatic heterocycles. The Labute approximate surface area is 157 Å². The molecule has 0 unspecified atom stereocenters. The van der Waals surface area contributed by atoms with Crippen LogP contribution in [0.5, 0.6) is 0 Å². The van der Waals surface area contributed by atoms with Gasteiger partial charge in [-0.2, -0.15) is 0 Å². The highest BCUT2D eigenvalue weighted by Crippen LogP contribution is 2.29. The number of hydrogen-bond acceptors (Lipinski definition) is 5. The minimum absolute atomic E-state index is 0.116. The Morgan fingerprint density at radius 3 is 2.60 bits per heavy atom. The van der Waals surface area contributed by atoms with Gasteiger partial charge in [0.2, 0.25) is 5.91 Å². The van der Waals surface area contributed by atoms with Crippen molar-refractivity contribution in [1.29, 1.82) is 0 Å². The fourth-order valence-electron chi connectivity index (χ4n) is 2.08. The summed E-state index contributed by atoms with van der Waals surface area (Å²) in [5.74, 6) is -0.116. The summed E-state index contributed by atoms with van der Waals surface area (Å²) in [5, 5.41) is 3.20. The monoisotopic (exact) mass is 439 g/mol. The highest BCUT2D eigenvalue weighted by atomic mass is 79.9. The highest BCUT2D eigenvalue weighted by molar-refractivity contribution is 9.10. The maximum absolute atomic E-state index is 12.4. The summed E-state index contributed by atoms with van der Waals surface area (Å²) in [6.45, 7) is 1.76. The minimum Gasteiger partial charge on any atom is -0.302 e. The Morgan fingerprint density at radius 2 is 1.92 bits per heavy atom. The molecule has 0 aliphatic heterocycles. The highest BCUT2D eigenvalue weighted by Gasteiger charge is 2.15. The number of nitrogens with one attached hydrogen (secondary N) is 2. The molecule has 3 aromatic rings. The quantitative estimate of drug-likeness (QED) is 0.622. The molecule has 0 radical (unpaired) electrons. The van der Waals surface area contributed by atoms with Crippen LogP contribution in [0.3, 0.4) is 0 Å². The summed E-state index contributed by atoms with van der Waals surface area (Å²) >= 11 is 4.62. The van der Waals surface area contributed by atoms with E-state index in [0.717, 1.165) is 9.17 Å². The van der Waals surface area contributed by atoms with Crippen molar-refractivity contribution in [2.75, 3.05) is 10.0 Å². The van der Waals surface area contributed by atoms with Gasteiger partial charge >= 0.3 is 0 Å². The summed E-state index contributed by atoms with van der Waals surface area (Å²) in [5.41, 5.74) is 1.03. The Balaban J connectivity index is 1.86. The average Bonchev–Trinajstić information content (AvgIpc) is 2.96. The third-order valence-electron chi connectivity index (χ3n) is 3.33. The van der Waals surface area contributed by atoms with Gasteiger partial charge in [0.15, 0.2) is 5.13 Å². The molecule has 0 fully saturated rings. The Hall–Kier alpha value is -1.97. The smallest absolute Gasteiger partial charge is 0.261 e. The second-order valence-corrected chi connectivity index (χ2v) is 8.79. The molecule has 3 rings (SSSR count). The van der Waals surface area contributed by atoms with Crippen molar-refractivity contribution in [2.45, 2.75) is 18.2 Å². The molecule has 25 heavy (non-hydrogen) atoms. The number of thiazole rings is 1. The van der Waals surface area contributed by atoms with Crippen molar-refractivity contribution in [3.05, 3.63) is 46.9 Å². The van der Waals surface area contributed by atoms with E-state index in [0.29, 0.717) is 22.8 Å². The first-order valence-corrected chi connectivity index (χ1v) is 10.5. The Morgan fingerprint density at radius 1 is 1.20 bits per heavy atom. The number of hydrogen-bond donors (Lipinski definition) is 2. The van der Waals surface area contributed by atoms with Gasteiger partial charge in [-0.1, -0.05) is 34.2 Å². The topological polar surface area (TPSA) is 88.2 Å². The van der Waals surface area contributed by atoms with E-state index in [2.05, 4.69) is 31.0 Å². The molecule has 1 heterocycles. The maximum atomic E-state index is 12.4. The molecule has 2 N–H and O–H groups in total. The Kier molecular flexibility index (Phi) is 5.07. The van der Waals surface area contributed by atoms with Gasteiger partial charge in [-0.15, -0.1) is 0 Å². The molecule has 0 saturated carbocycles. The number of halogens is 1. The number of carbonyl (C=O) groups is 1. The molecule has 0 aliphatic carbocycles. The zero-order valence-corrected chi connectivity index (χ0v) is 16.3. The van der Waals surface area contributed by atoms with Gasteiger partial charge in [-0.3, -0.25) is 9.52 Å². The predicted molar refractivity (Wildman–Crippen MR) is 103 cm³/mol. The van der Waals surface area contributed by atoms with Crippen LogP contribution in [0, 0.1) is 0 Å². The number of rotatable bonds is 5. The van der Waals surface area contributed by atoms with E-state index >= 15 is 0 Å². The van der Waals surface area contributed by atoms with E-state index in [1.807, 2.05) is 0 Å². The van der Waals surface area contributed by atoms with Crippen molar-refractivity contribution in [3.63, 3.8) is 0 Å². The van der Waals surface area contributed by atoms with Crippen LogP contribution < -0.4 is 10.0 Å². The van der Waals surface area contributed by atoms with E-state index in [9.17, 15) is 13.2 Å². The molecule has 0 aliphatic rings. The molecular weight excluding hydrogens is 426 g/mol.